The molecule has 3 rings (SSSR count). The molecule has 0 bridgehead atoms. The van der Waals surface area contributed by atoms with Gasteiger partial charge >= 0.3 is 0 Å². The molecule has 19 heavy (non-hydrogen) atoms. The fraction of sp³-hybridized carbons (Fsp3) is 0.417. The lowest BCUT2D eigenvalue weighted by Crippen LogP contribution is -2.47. The normalized spacial score (nSPS) is 15.9. The molecule has 2 aromatic rings. The van der Waals surface area contributed by atoms with E-state index in [1.54, 1.807) is 11.8 Å². The molecule has 2 N–H and O–H groups in total. The van der Waals surface area contributed by atoms with E-state index in [-0.39, 0.29) is 5.91 Å². The van der Waals surface area contributed by atoms with E-state index in [1.165, 1.54) is 0 Å². The molecular formula is C12H15N5OS. The highest BCUT2D eigenvalue weighted by atomic mass is 32.2. The van der Waals surface area contributed by atoms with Crippen molar-refractivity contribution in [3.05, 3.63) is 18.2 Å². The molecule has 0 spiro atoms. The van der Waals surface area contributed by atoms with Gasteiger partial charge in [0.05, 0.1) is 11.3 Å². The molecule has 2 heterocycles. The van der Waals surface area contributed by atoms with Gasteiger partial charge < -0.3 is 10.2 Å². The fourth-order valence-electron chi connectivity index (χ4n) is 2.07. The van der Waals surface area contributed by atoms with Gasteiger partial charge in [0.2, 0.25) is 5.91 Å². The summed E-state index contributed by atoms with van der Waals surface area (Å²) in [5.41, 5.74) is 1.75. The third kappa shape index (κ3) is 2.87. The van der Waals surface area contributed by atoms with Crippen molar-refractivity contribution in [3.8, 4) is 0 Å². The molecule has 6 nitrogen and oxygen atoms in total. The van der Waals surface area contributed by atoms with Gasteiger partial charge in [-0.1, -0.05) is 5.21 Å². The summed E-state index contributed by atoms with van der Waals surface area (Å²) < 4.78 is 0. The minimum absolute atomic E-state index is 0.203. The van der Waals surface area contributed by atoms with Gasteiger partial charge in [0.15, 0.2) is 0 Å². The summed E-state index contributed by atoms with van der Waals surface area (Å²) in [6, 6.07) is 5.86. The second-order valence-corrected chi connectivity index (χ2v) is 5.46. The number of thioether (sulfide) groups is 1. The molecule has 1 amide bonds. The maximum absolute atomic E-state index is 12.0. The second-order valence-electron chi connectivity index (χ2n) is 4.41. The van der Waals surface area contributed by atoms with Crippen LogP contribution in [0.1, 0.15) is 0 Å². The first-order chi connectivity index (χ1) is 9.33. The molecule has 1 aromatic heterocycles. The van der Waals surface area contributed by atoms with Crippen molar-refractivity contribution in [2.45, 2.75) is 4.90 Å². The van der Waals surface area contributed by atoms with Crippen LogP contribution in [0.15, 0.2) is 23.1 Å². The van der Waals surface area contributed by atoms with Gasteiger partial charge in [-0.3, -0.25) is 9.89 Å². The van der Waals surface area contributed by atoms with Gasteiger partial charge in [-0.25, -0.2) is 0 Å². The Bertz CT molecular complexity index is 578. The largest absolute Gasteiger partial charge is 0.339 e. The van der Waals surface area contributed by atoms with Crippen LogP contribution in [0, 0.1) is 0 Å². The predicted octanol–water partition coefficient (Wildman–Crippen LogP) is 0.482. The summed E-state index contributed by atoms with van der Waals surface area (Å²) in [6.45, 7) is 3.40. The molecule has 0 unspecified atom stereocenters. The summed E-state index contributed by atoms with van der Waals surface area (Å²) in [4.78, 5) is 15.0. The van der Waals surface area contributed by atoms with E-state index in [9.17, 15) is 4.79 Å². The minimum atomic E-state index is 0.203. The first kappa shape index (κ1) is 12.4. The minimum Gasteiger partial charge on any atom is -0.339 e. The molecular weight excluding hydrogens is 262 g/mol. The Morgan fingerprint density at radius 3 is 3.05 bits per heavy atom. The average molecular weight is 277 g/mol. The Morgan fingerprint density at radius 2 is 2.21 bits per heavy atom. The fourth-order valence-corrected chi connectivity index (χ4v) is 2.90. The van der Waals surface area contributed by atoms with Crippen LogP contribution in [0.3, 0.4) is 0 Å². The quantitative estimate of drug-likeness (QED) is 0.798. The van der Waals surface area contributed by atoms with Gasteiger partial charge in [-0.15, -0.1) is 16.9 Å². The molecule has 1 fully saturated rings. The number of piperazine rings is 1. The van der Waals surface area contributed by atoms with E-state index in [4.69, 9.17) is 0 Å². The number of hydrogen-bond acceptors (Lipinski definition) is 5. The number of fused-ring (bicyclic) bond motifs is 1. The highest BCUT2D eigenvalue weighted by Gasteiger charge is 2.16. The van der Waals surface area contributed by atoms with Crippen LogP contribution in [0.2, 0.25) is 0 Å². The van der Waals surface area contributed by atoms with E-state index in [1.807, 2.05) is 23.1 Å². The second kappa shape index (κ2) is 5.58. The Balaban J connectivity index is 1.60. The topological polar surface area (TPSA) is 73.9 Å². The van der Waals surface area contributed by atoms with Crippen molar-refractivity contribution >= 4 is 28.7 Å². The summed E-state index contributed by atoms with van der Waals surface area (Å²) in [5, 5.41) is 13.8. The van der Waals surface area contributed by atoms with E-state index in [0.29, 0.717) is 5.75 Å². The number of rotatable bonds is 3. The standard InChI is InChI=1S/C12H15N5OS/c18-12(17-5-3-13-4-6-17)8-19-9-1-2-10-11(7-9)15-16-14-10/h1-2,7,13H,3-6,8H2,(H,14,15,16). The first-order valence-electron chi connectivity index (χ1n) is 6.25. The van der Waals surface area contributed by atoms with E-state index in [2.05, 4.69) is 20.7 Å². The van der Waals surface area contributed by atoms with Crippen LogP contribution in [0.25, 0.3) is 11.0 Å². The molecule has 100 valence electrons. The highest BCUT2D eigenvalue weighted by molar-refractivity contribution is 8.00. The van der Waals surface area contributed by atoms with Crippen molar-refractivity contribution < 1.29 is 4.79 Å². The number of aromatic nitrogens is 3. The Morgan fingerprint density at radius 1 is 1.37 bits per heavy atom. The summed E-state index contributed by atoms with van der Waals surface area (Å²) >= 11 is 1.55. The number of carbonyl (C=O) groups excluding carboxylic acids is 1. The molecule has 1 saturated heterocycles. The Hall–Kier alpha value is -1.60. The lowest BCUT2D eigenvalue weighted by atomic mass is 10.3. The lowest BCUT2D eigenvalue weighted by molar-refractivity contribution is -0.128. The summed E-state index contributed by atoms with van der Waals surface area (Å²) in [7, 11) is 0. The summed E-state index contributed by atoms with van der Waals surface area (Å²) in [6.07, 6.45) is 0. The van der Waals surface area contributed by atoms with Gasteiger partial charge in [0.1, 0.15) is 5.52 Å². The molecule has 0 atom stereocenters. The number of carbonyl (C=O) groups is 1. The summed E-state index contributed by atoms with van der Waals surface area (Å²) in [5.74, 6) is 0.682. The molecule has 0 saturated carbocycles. The van der Waals surface area contributed by atoms with E-state index in [0.717, 1.165) is 42.1 Å². The molecule has 1 aliphatic rings. The molecule has 1 aromatic carbocycles. The Labute approximate surface area is 114 Å². The third-order valence-electron chi connectivity index (χ3n) is 3.13. The van der Waals surface area contributed by atoms with Crippen molar-refractivity contribution in [2.75, 3.05) is 31.9 Å². The maximum atomic E-state index is 12.0. The van der Waals surface area contributed by atoms with Crippen molar-refractivity contribution in [1.29, 1.82) is 0 Å². The van der Waals surface area contributed by atoms with Crippen LogP contribution in [-0.2, 0) is 4.79 Å². The van der Waals surface area contributed by atoms with Crippen molar-refractivity contribution in [1.82, 2.24) is 25.6 Å². The predicted molar refractivity (Wildman–Crippen MR) is 74.1 cm³/mol. The van der Waals surface area contributed by atoms with Gasteiger partial charge in [0, 0.05) is 31.1 Å². The van der Waals surface area contributed by atoms with Gasteiger partial charge in [0.25, 0.3) is 0 Å². The number of benzene rings is 1. The number of amides is 1. The van der Waals surface area contributed by atoms with Crippen LogP contribution in [0.4, 0.5) is 0 Å². The van der Waals surface area contributed by atoms with Gasteiger partial charge in [-0.2, -0.15) is 0 Å². The number of nitrogens with zero attached hydrogens (tertiary/aromatic N) is 3. The van der Waals surface area contributed by atoms with Crippen LogP contribution < -0.4 is 5.32 Å². The molecule has 1 aliphatic heterocycles. The maximum Gasteiger partial charge on any atom is 0.233 e. The lowest BCUT2D eigenvalue weighted by Gasteiger charge is -2.27. The van der Waals surface area contributed by atoms with E-state index < -0.39 is 0 Å². The zero-order valence-corrected chi connectivity index (χ0v) is 11.2. The van der Waals surface area contributed by atoms with Crippen molar-refractivity contribution in [2.24, 2.45) is 0 Å². The number of nitrogens with one attached hydrogen (secondary N) is 2. The van der Waals surface area contributed by atoms with E-state index >= 15 is 0 Å². The molecule has 0 radical (unpaired) electrons. The third-order valence-corrected chi connectivity index (χ3v) is 4.11. The van der Waals surface area contributed by atoms with Crippen LogP contribution in [-0.4, -0.2) is 58.1 Å². The zero-order chi connectivity index (χ0) is 13.1. The van der Waals surface area contributed by atoms with Crippen molar-refractivity contribution in [3.63, 3.8) is 0 Å². The van der Waals surface area contributed by atoms with Gasteiger partial charge in [-0.05, 0) is 18.2 Å². The average Bonchev–Trinajstić information content (AvgIpc) is 2.93. The number of hydrogen-bond donors (Lipinski definition) is 2. The number of aromatic amines is 1. The number of H-pyrrole nitrogens is 1. The Kier molecular flexibility index (Phi) is 3.65. The monoisotopic (exact) mass is 277 g/mol. The first-order valence-corrected chi connectivity index (χ1v) is 7.23. The molecule has 0 aliphatic carbocycles. The van der Waals surface area contributed by atoms with Crippen LogP contribution in [0.5, 0.6) is 0 Å². The molecule has 7 heteroatoms. The van der Waals surface area contributed by atoms with Crippen LogP contribution >= 0.6 is 11.8 Å². The zero-order valence-electron chi connectivity index (χ0n) is 10.4. The SMILES string of the molecule is O=C(CSc1ccc2nn[nH]c2c1)N1CCNCC1. The smallest absolute Gasteiger partial charge is 0.233 e. The highest BCUT2D eigenvalue weighted by Crippen LogP contribution is 2.21.